The molecule has 0 saturated carbocycles. The van der Waals surface area contributed by atoms with Crippen LogP contribution in [0, 0.1) is 13.8 Å². The molecule has 1 heterocycles. The number of nitrogens with one attached hydrogen (secondary N) is 1. The smallest absolute Gasteiger partial charge is 0.0951 e. The highest BCUT2D eigenvalue weighted by molar-refractivity contribution is 5.08. The van der Waals surface area contributed by atoms with E-state index in [1.54, 1.807) is 0 Å². The lowest BCUT2D eigenvalue weighted by atomic mass is 10.3. The van der Waals surface area contributed by atoms with E-state index in [9.17, 15) is 0 Å². The maximum atomic E-state index is 8.99. The Morgan fingerprint density at radius 1 is 1.62 bits per heavy atom. The molecule has 74 valence electrons. The van der Waals surface area contributed by atoms with Gasteiger partial charge in [-0.25, -0.2) is 4.98 Å². The van der Waals surface area contributed by atoms with E-state index in [2.05, 4.69) is 10.3 Å². The Morgan fingerprint density at radius 2 is 2.31 bits per heavy atom. The molecular weight excluding hydrogens is 166 g/mol. The zero-order valence-electron chi connectivity index (χ0n) is 8.41. The second-order valence-electron chi connectivity index (χ2n) is 3.24. The first kappa shape index (κ1) is 10.2. The Hall–Kier alpha value is -0.870. The summed E-state index contributed by atoms with van der Waals surface area (Å²) in [6.45, 7) is 4.93. The van der Waals surface area contributed by atoms with Crippen molar-refractivity contribution in [2.24, 2.45) is 0 Å². The molecule has 0 aromatic carbocycles. The Balaban J connectivity index is 2.67. The molecule has 0 bridgehead atoms. The molecule has 1 aromatic rings. The van der Waals surface area contributed by atoms with Crippen molar-refractivity contribution in [1.82, 2.24) is 14.9 Å². The Morgan fingerprint density at radius 3 is 2.69 bits per heavy atom. The normalized spacial score (nSPS) is 13.2. The predicted molar refractivity (Wildman–Crippen MR) is 51.6 cm³/mol. The van der Waals surface area contributed by atoms with Gasteiger partial charge in [-0.15, -0.1) is 0 Å². The quantitative estimate of drug-likeness (QED) is 0.695. The second kappa shape index (κ2) is 4.39. The molecule has 1 aromatic heterocycles. The predicted octanol–water partition coefficient (Wildman–Crippen LogP) is 0.0802. The van der Waals surface area contributed by atoms with Gasteiger partial charge in [-0.05, 0) is 20.9 Å². The number of rotatable bonds is 4. The van der Waals surface area contributed by atoms with Crippen molar-refractivity contribution in [3.8, 4) is 0 Å². The van der Waals surface area contributed by atoms with Crippen molar-refractivity contribution in [2.75, 3.05) is 13.7 Å². The average molecular weight is 183 g/mol. The van der Waals surface area contributed by atoms with Gasteiger partial charge in [-0.3, -0.25) is 0 Å². The third-order valence-corrected chi connectivity index (χ3v) is 2.39. The van der Waals surface area contributed by atoms with Crippen LogP contribution in [0.1, 0.15) is 11.4 Å². The van der Waals surface area contributed by atoms with Crippen molar-refractivity contribution >= 4 is 0 Å². The number of aryl methyl sites for hydroxylation is 1. The number of imidazole rings is 1. The molecule has 0 radical (unpaired) electrons. The lowest BCUT2D eigenvalue weighted by Gasteiger charge is -2.14. The number of aliphatic hydroxyl groups is 1. The van der Waals surface area contributed by atoms with E-state index in [0.29, 0.717) is 0 Å². The summed E-state index contributed by atoms with van der Waals surface area (Å²) >= 11 is 0. The molecule has 0 spiro atoms. The topological polar surface area (TPSA) is 50.1 Å². The summed E-state index contributed by atoms with van der Waals surface area (Å²) < 4.78 is 2.05. The van der Waals surface area contributed by atoms with Crippen LogP contribution >= 0.6 is 0 Å². The van der Waals surface area contributed by atoms with Crippen LogP contribution in [-0.2, 0) is 6.54 Å². The largest absolute Gasteiger partial charge is 0.395 e. The first-order valence-electron chi connectivity index (χ1n) is 4.45. The number of aliphatic hydroxyl groups excluding tert-OH is 1. The molecule has 1 rings (SSSR count). The van der Waals surface area contributed by atoms with E-state index in [1.165, 1.54) is 0 Å². The van der Waals surface area contributed by atoms with Crippen LogP contribution in [0.5, 0.6) is 0 Å². The van der Waals surface area contributed by atoms with Gasteiger partial charge in [0.05, 0.1) is 18.6 Å². The Kier molecular flexibility index (Phi) is 3.45. The van der Waals surface area contributed by atoms with Crippen LogP contribution in [-0.4, -0.2) is 34.4 Å². The first-order valence-corrected chi connectivity index (χ1v) is 4.45. The molecule has 0 aliphatic heterocycles. The number of nitrogens with zero attached hydrogens (tertiary/aromatic N) is 2. The van der Waals surface area contributed by atoms with E-state index >= 15 is 0 Å². The van der Waals surface area contributed by atoms with Crippen LogP contribution < -0.4 is 5.32 Å². The maximum Gasteiger partial charge on any atom is 0.0951 e. The molecule has 1 atom stereocenters. The zero-order chi connectivity index (χ0) is 9.84. The molecule has 0 fully saturated rings. The molecule has 0 aliphatic carbocycles. The Bertz CT molecular complexity index is 266. The highest BCUT2D eigenvalue weighted by atomic mass is 16.3. The fourth-order valence-corrected chi connectivity index (χ4v) is 1.21. The van der Waals surface area contributed by atoms with Gasteiger partial charge >= 0.3 is 0 Å². The maximum absolute atomic E-state index is 8.99. The molecule has 2 N–H and O–H groups in total. The summed E-state index contributed by atoms with van der Waals surface area (Å²) in [6.07, 6.45) is 1.81. The van der Waals surface area contributed by atoms with Crippen LogP contribution in [0.3, 0.4) is 0 Å². The highest BCUT2D eigenvalue weighted by Crippen LogP contribution is 2.04. The molecular formula is C9H17N3O. The van der Waals surface area contributed by atoms with Crippen LogP contribution in [0.2, 0.25) is 0 Å². The molecule has 1 unspecified atom stereocenters. The van der Waals surface area contributed by atoms with Gasteiger partial charge in [0.2, 0.25) is 0 Å². The van der Waals surface area contributed by atoms with E-state index in [1.807, 2.05) is 31.8 Å². The lowest BCUT2D eigenvalue weighted by molar-refractivity contribution is 0.235. The van der Waals surface area contributed by atoms with Gasteiger partial charge in [-0.2, -0.15) is 0 Å². The number of hydrogen-bond donors (Lipinski definition) is 2. The minimum atomic E-state index is 0.104. The van der Waals surface area contributed by atoms with E-state index in [4.69, 9.17) is 5.11 Å². The van der Waals surface area contributed by atoms with Crippen molar-refractivity contribution in [1.29, 1.82) is 0 Å². The fourth-order valence-electron chi connectivity index (χ4n) is 1.21. The van der Waals surface area contributed by atoms with Gasteiger partial charge in [0, 0.05) is 18.3 Å². The standard InChI is InChI=1S/C9H17N3O/c1-7-8(2)12(6-11-7)4-9(5-13)10-3/h6,9-10,13H,4-5H2,1-3H3. The minimum absolute atomic E-state index is 0.104. The van der Waals surface area contributed by atoms with Gasteiger partial charge in [0.1, 0.15) is 0 Å². The molecule has 0 aliphatic rings. The summed E-state index contributed by atoms with van der Waals surface area (Å²) in [6, 6.07) is 0.104. The van der Waals surface area contributed by atoms with E-state index in [-0.39, 0.29) is 12.6 Å². The van der Waals surface area contributed by atoms with Crippen LogP contribution in [0.4, 0.5) is 0 Å². The van der Waals surface area contributed by atoms with E-state index in [0.717, 1.165) is 17.9 Å². The summed E-state index contributed by atoms with van der Waals surface area (Å²) in [7, 11) is 1.85. The van der Waals surface area contributed by atoms with Crippen molar-refractivity contribution in [3.63, 3.8) is 0 Å². The summed E-state index contributed by atoms with van der Waals surface area (Å²) in [4.78, 5) is 4.19. The van der Waals surface area contributed by atoms with Crippen molar-refractivity contribution < 1.29 is 5.11 Å². The number of aromatic nitrogens is 2. The molecule has 0 saturated heterocycles. The lowest BCUT2D eigenvalue weighted by Crippen LogP contribution is -2.33. The van der Waals surface area contributed by atoms with E-state index < -0.39 is 0 Å². The number of hydrogen-bond acceptors (Lipinski definition) is 3. The second-order valence-corrected chi connectivity index (χ2v) is 3.24. The third kappa shape index (κ3) is 2.29. The third-order valence-electron chi connectivity index (χ3n) is 2.39. The average Bonchev–Trinajstić information content (AvgIpc) is 2.45. The van der Waals surface area contributed by atoms with Gasteiger partial charge < -0.3 is 15.0 Å². The van der Waals surface area contributed by atoms with Gasteiger partial charge in [-0.1, -0.05) is 0 Å². The minimum Gasteiger partial charge on any atom is -0.395 e. The SMILES string of the molecule is CNC(CO)Cn1cnc(C)c1C. The molecule has 13 heavy (non-hydrogen) atoms. The van der Waals surface area contributed by atoms with Gasteiger partial charge in [0.15, 0.2) is 0 Å². The first-order chi connectivity index (χ1) is 6.19. The summed E-state index contributed by atoms with van der Waals surface area (Å²) in [5.74, 6) is 0. The number of likely N-dealkylation sites (N-methyl/N-ethyl adjacent to an activating group) is 1. The fraction of sp³-hybridized carbons (Fsp3) is 0.667. The van der Waals surface area contributed by atoms with Crippen molar-refractivity contribution in [3.05, 3.63) is 17.7 Å². The molecule has 4 nitrogen and oxygen atoms in total. The molecule has 0 amide bonds. The highest BCUT2D eigenvalue weighted by Gasteiger charge is 2.07. The van der Waals surface area contributed by atoms with Gasteiger partial charge in [0.25, 0.3) is 0 Å². The van der Waals surface area contributed by atoms with Crippen LogP contribution in [0.25, 0.3) is 0 Å². The summed E-state index contributed by atoms with van der Waals surface area (Å²) in [5, 5.41) is 12.0. The monoisotopic (exact) mass is 183 g/mol. The van der Waals surface area contributed by atoms with Crippen LogP contribution in [0.15, 0.2) is 6.33 Å². The summed E-state index contributed by atoms with van der Waals surface area (Å²) in [5.41, 5.74) is 2.21. The Labute approximate surface area is 78.6 Å². The van der Waals surface area contributed by atoms with Crippen molar-refractivity contribution in [2.45, 2.75) is 26.4 Å². The molecule has 4 heteroatoms. The zero-order valence-corrected chi connectivity index (χ0v) is 8.41.